The third kappa shape index (κ3) is 2.57. The fourth-order valence-electron chi connectivity index (χ4n) is 2.29. The van der Waals surface area contributed by atoms with Crippen LogP contribution in [0.3, 0.4) is 0 Å². The molecule has 0 saturated carbocycles. The van der Waals surface area contributed by atoms with Crippen LogP contribution in [0.2, 0.25) is 5.02 Å². The number of benzene rings is 2. The van der Waals surface area contributed by atoms with Crippen molar-refractivity contribution >= 4 is 33.0 Å². The lowest BCUT2D eigenvalue weighted by atomic mass is 9.99. The molecule has 1 unspecified atom stereocenters. The Hall–Kier alpha value is -1.42. The minimum Gasteiger partial charge on any atom is -0.324 e. The second-order valence-electron chi connectivity index (χ2n) is 4.74. The highest BCUT2D eigenvalue weighted by Crippen LogP contribution is 2.29. The Morgan fingerprint density at radius 2 is 2.00 bits per heavy atom. The molecule has 1 heterocycles. The third-order valence-corrected chi connectivity index (χ3v) is 4.67. The molecule has 102 valence electrons. The molecule has 3 rings (SSSR count). The number of rotatable bonds is 3. The summed E-state index contributed by atoms with van der Waals surface area (Å²) in [7, 11) is 0. The molecule has 1 aromatic heterocycles. The highest BCUT2D eigenvalue weighted by atomic mass is 35.5. The van der Waals surface area contributed by atoms with E-state index in [9.17, 15) is 4.39 Å². The number of hydrogen-bond donors (Lipinski definition) is 1. The van der Waals surface area contributed by atoms with E-state index in [0.717, 1.165) is 5.56 Å². The lowest BCUT2D eigenvalue weighted by Crippen LogP contribution is -2.13. The molecule has 3 aromatic rings. The molecule has 2 N–H and O–H groups in total. The molecule has 0 spiro atoms. The van der Waals surface area contributed by atoms with Gasteiger partial charge in [0, 0.05) is 10.7 Å². The van der Waals surface area contributed by atoms with Crippen LogP contribution in [0.5, 0.6) is 0 Å². The Labute approximate surface area is 125 Å². The van der Waals surface area contributed by atoms with E-state index in [1.165, 1.54) is 21.7 Å². The summed E-state index contributed by atoms with van der Waals surface area (Å²) in [5.41, 5.74) is 8.29. The molecule has 4 heteroatoms. The summed E-state index contributed by atoms with van der Waals surface area (Å²) in [6.07, 6.45) is 0.714. The van der Waals surface area contributed by atoms with Crippen LogP contribution < -0.4 is 5.73 Å². The van der Waals surface area contributed by atoms with Crippen LogP contribution >= 0.6 is 22.9 Å². The van der Waals surface area contributed by atoms with E-state index in [1.54, 1.807) is 23.5 Å². The molecule has 0 bridgehead atoms. The lowest BCUT2D eigenvalue weighted by Gasteiger charge is -2.12. The quantitative estimate of drug-likeness (QED) is 0.729. The predicted molar refractivity (Wildman–Crippen MR) is 83.9 cm³/mol. The summed E-state index contributed by atoms with van der Waals surface area (Å²) in [6, 6.07) is 12.7. The van der Waals surface area contributed by atoms with E-state index in [4.69, 9.17) is 17.3 Å². The maximum atomic E-state index is 13.2. The SMILES string of the molecule is NC(Cc1csc2ccccc12)c1ccc(F)c(Cl)c1. The first kappa shape index (κ1) is 13.6. The van der Waals surface area contributed by atoms with Crippen molar-refractivity contribution in [1.82, 2.24) is 0 Å². The fourth-order valence-corrected chi connectivity index (χ4v) is 3.45. The van der Waals surface area contributed by atoms with Crippen LogP contribution in [0.1, 0.15) is 17.2 Å². The van der Waals surface area contributed by atoms with Gasteiger partial charge in [-0.25, -0.2) is 4.39 Å². The van der Waals surface area contributed by atoms with Crippen LogP contribution in [0.4, 0.5) is 4.39 Å². The fraction of sp³-hybridized carbons (Fsp3) is 0.125. The number of thiophene rings is 1. The van der Waals surface area contributed by atoms with Gasteiger partial charge >= 0.3 is 0 Å². The molecule has 0 aliphatic heterocycles. The summed E-state index contributed by atoms with van der Waals surface area (Å²) in [4.78, 5) is 0. The normalized spacial score (nSPS) is 12.8. The van der Waals surface area contributed by atoms with Gasteiger partial charge < -0.3 is 5.73 Å². The van der Waals surface area contributed by atoms with Crippen molar-refractivity contribution in [1.29, 1.82) is 0 Å². The number of hydrogen-bond acceptors (Lipinski definition) is 2. The lowest BCUT2D eigenvalue weighted by molar-refractivity contribution is 0.625. The van der Waals surface area contributed by atoms with E-state index in [0.29, 0.717) is 6.42 Å². The van der Waals surface area contributed by atoms with E-state index in [-0.39, 0.29) is 11.1 Å². The molecule has 0 aliphatic rings. The molecule has 2 aromatic carbocycles. The van der Waals surface area contributed by atoms with Crippen molar-refractivity contribution in [3.05, 3.63) is 69.8 Å². The maximum Gasteiger partial charge on any atom is 0.141 e. The highest BCUT2D eigenvalue weighted by Gasteiger charge is 2.12. The molecule has 0 saturated heterocycles. The first-order chi connectivity index (χ1) is 9.65. The van der Waals surface area contributed by atoms with Crippen molar-refractivity contribution in [2.75, 3.05) is 0 Å². The number of nitrogens with two attached hydrogens (primary N) is 1. The molecule has 1 atom stereocenters. The topological polar surface area (TPSA) is 26.0 Å². The van der Waals surface area contributed by atoms with Crippen LogP contribution in [0.15, 0.2) is 47.8 Å². The summed E-state index contributed by atoms with van der Waals surface area (Å²) < 4.78 is 14.4. The van der Waals surface area contributed by atoms with E-state index >= 15 is 0 Å². The van der Waals surface area contributed by atoms with Gasteiger partial charge in [0.25, 0.3) is 0 Å². The highest BCUT2D eigenvalue weighted by molar-refractivity contribution is 7.17. The minimum atomic E-state index is -0.413. The monoisotopic (exact) mass is 305 g/mol. The molecule has 0 amide bonds. The van der Waals surface area contributed by atoms with Crippen LogP contribution in [0.25, 0.3) is 10.1 Å². The summed E-state index contributed by atoms with van der Waals surface area (Å²) >= 11 is 7.52. The Morgan fingerprint density at radius 3 is 2.80 bits per heavy atom. The molecule has 0 radical (unpaired) electrons. The summed E-state index contributed by atoms with van der Waals surface area (Å²) in [5.74, 6) is -0.413. The van der Waals surface area contributed by atoms with Gasteiger partial charge in [0.15, 0.2) is 0 Å². The van der Waals surface area contributed by atoms with E-state index in [1.807, 2.05) is 12.1 Å². The Bertz CT molecular complexity index is 753. The second kappa shape index (κ2) is 5.52. The summed E-state index contributed by atoms with van der Waals surface area (Å²) in [6.45, 7) is 0. The Morgan fingerprint density at radius 1 is 1.20 bits per heavy atom. The molecular weight excluding hydrogens is 293 g/mol. The van der Waals surface area contributed by atoms with Crippen LogP contribution in [-0.4, -0.2) is 0 Å². The van der Waals surface area contributed by atoms with E-state index in [2.05, 4.69) is 17.5 Å². The molecule has 0 fully saturated rings. The van der Waals surface area contributed by atoms with E-state index < -0.39 is 5.82 Å². The van der Waals surface area contributed by atoms with Gasteiger partial charge in [-0.05, 0) is 46.5 Å². The van der Waals surface area contributed by atoms with Crippen LogP contribution in [-0.2, 0) is 6.42 Å². The van der Waals surface area contributed by atoms with Gasteiger partial charge in [0.1, 0.15) is 5.82 Å². The first-order valence-corrected chi connectivity index (χ1v) is 7.56. The molecule has 1 nitrogen and oxygen atoms in total. The third-order valence-electron chi connectivity index (χ3n) is 3.37. The van der Waals surface area contributed by atoms with Gasteiger partial charge in [-0.1, -0.05) is 35.9 Å². The maximum absolute atomic E-state index is 13.2. The smallest absolute Gasteiger partial charge is 0.141 e. The zero-order valence-corrected chi connectivity index (χ0v) is 12.2. The van der Waals surface area contributed by atoms with Crippen molar-refractivity contribution in [3.63, 3.8) is 0 Å². The second-order valence-corrected chi connectivity index (χ2v) is 6.06. The first-order valence-electron chi connectivity index (χ1n) is 6.31. The van der Waals surface area contributed by atoms with Crippen molar-refractivity contribution in [2.45, 2.75) is 12.5 Å². The molecule has 20 heavy (non-hydrogen) atoms. The zero-order chi connectivity index (χ0) is 14.1. The standard InChI is InChI=1S/C16H13ClFNS/c17-13-7-10(5-6-14(13)18)15(19)8-11-9-20-16-4-2-1-3-12(11)16/h1-7,9,15H,8,19H2. The largest absolute Gasteiger partial charge is 0.324 e. The molecule has 0 aliphatic carbocycles. The van der Waals surface area contributed by atoms with Gasteiger partial charge in [0.2, 0.25) is 0 Å². The van der Waals surface area contributed by atoms with Crippen molar-refractivity contribution in [2.24, 2.45) is 5.73 Å². The molecular formula is C16H13ClFNS. The minimum absolute atomic E-state index is 0.119. The van der Waals surface area contributed by atoms with Gasteiger partial charge in [0.05, 0.1) is 5.02 Å². The van der Waals surface area contributed by atoms with Gasteiger partial charge in [-0.3, -0.25) is 0 Å². The zero-order valence-electron chi connectivity index (χ0n) is 10.6. The van der Waals surface area contributed by atoms with Crippen molar-refractivity contribution in [3.8, 4) is 0 Å². The van der Waals surface area contributed by atoms with Gasteiger partial charge in [-0.15, -0.1) is 11.3 Å². The average molecular weight is 306 g/mol. The Kier molecular flexibility index (Phi) is 3.74. The average Bonchev–Trinajstić information content (AvgIpc) is 2.85. The number of fused-ring (bicyclic) bond motifs is 1. The summed E-state index contributed by atoms with van der Waals surface area (Å²) in [5, 5.41) is 3.49. The van der Waals surface area contributed by atoms with Gasteiger partial charge in [-0.2, -0.15) is 0 Å². The Balaban J connectivity index is 1.88. The predicted octanol–water partition coefficient (Wildman–Crippen LogP) is 4.94. The number of halogens is 2. The van der Waals surface area contributed by atoms with Crippen LogP contribution in [0, 0.1) is 5.82 Å². The van der Waals surface area contributed by atoms with Crippen molar-refractivity contribution < 1.29 is 4.39 Å².